The predicted octanol–water partition coefficient (Wildman–Crippen LogP) is 4.43. The number of anilines is 1. The standard InChI is InChI=1S/C23H34N4O4/c1-16(8-7-13-25-22(29)31-23(2,3)4)21-26-15-19(30-21)17-9-5-10-18(14-17)27-20(28)11-6-12-24/h5,9-10,14-16H,6-8,11-13,24H2,1-4H3,(H,25,29)(H,27,28)/t16-/m0/s1. The van der Waals surface area contributed by atoms with Gasteiger partial charge < -0.3 is 25.5 Å². The summed E-state index contributed by atoms with van der Waals surface area (Å²) in [6, 6.07) is 7.47. The topological polar surface area (TPSA) is 119 Å². The van der Waals surface area contributed by atoms with E-state index in [0.717, 1.165) is 18.4 Å². The van der Waals surface area contributed by atoms with Gasteiger partial charge in [0.1, 0.15) is 5.60 Å². The lowest BCUT2D eigenvalue weighted by molar-refractivity contribution is -0.116. The van der Waals surface area contributed by atoms with E-state index < -0.39 is 11.7 Å². The minimum absolute atomic E-state index is 0.0607. The van der Waals surface area contributed by atoms with Crippen LogP contribution in [0.5, 0.6) is 0 Å². The van der Waals surface area contributed by atoms with E-state index in [0.29, 0.717) is 43.3 Å². The fourth-order valence-corrected chi connectivity index (χ4v) is 2.92. The molecule has 2 amide bonds. The van der Waals surface area contributed by atoms with Crippen LogP contribution in [0.1, 0.15) is 65.2 Å². The highest BCUT2D eigenvalue weighted by atomic mass is 16.6. The zero-order valence-corrected chi connectivity index (χ0v) is 18.9. The first-order valence-electron chi connectivity index (χ1n) is 10.7. The van der Waals surface area contributed by atoms with Crippen LogP contribution in [-0.4, -0.2) is 35.7 Å². The number of benzene rings is 1. The normalized spacial score (nSPS) is 12.3. The van der Waals surface area contributed by atoms with E-state index in [1.165, 1.54) is 0 Å². The van der Waals surface area contributed by atoms with Gasteiger partial charge in [0.05, 0.1) is 6.20 Å². The van der Waals surface area contributed by atoms with Gasteiger partial charge in [-0.15, -0.1) is 0 Å². The van der Waals surface area contributed by atoms with Gasteiger partial charge in [0.2, 0.25) is 5.91 Å². The highest BCUT2D eigenvalue weighted by Crippen LogP contribution is 2.27. The van der Waals surface area contributed by atoms with Crippen molar-refractivity contribution in [2.45, 2.75) is 64.9 Å². The molecule has 0 saturated carbocycles. The molecule has 0 unspecified atom stereocenters. The molecule has 1 heterocycles. The van der Waals surface area contributed by atoms with Crippen molar-refractivity contribution in [3.63, 3.8) is 0 Å². The van der Waals surface area contributed by atoms with E-state index in [4.69, 9.17) is 14.9 Å². The number of nitrogens with one attached hydrogen (secondary N) is 2. The Morgan fingerprint density at radius 3 is 2.74 bits per heavy atom. The van der Waals surface area contributed by atoms with Gasteiger partial charge in [0.15, 0.2) is 11.7 Å². The molecule has 1 atom stereocenters. The summed E-state index contributed by atoms with van der Waals surface area (Å²) >= 11 is 0. The second-order valence-corrected chi connectivity index (χ2v) is 8.56. The molecule has 0 fully saturated rings. The second kappa shape index (κ2) is 11.5. The number of carbonyl (C=O) groups excluding carboxylic acids is 2. The summed E-state index contributed by atoms with van der Waals surface area (Å²) in [4.78, 5) is 28.0. The van der Waals surface area contributed by atoms with Crippen molar-refractivity contribution in [1.29, 1.82) is 0 Å². The first-order chi connectivity index (χ1) is 14.7. The van der Waals surface area contributed by atoms with Crippen LogP contribution in [0.3, 0.4) is 0 Å². The molecular weight excluding hydrogens is 396 g/mol. The van der Waals surface area contributed by atoms with Gasteiger partial charge in [-0.05, 0) is 58.7 Å². The van der Waals surface area contributed by atoms with Crippen molar-refractivity contribution in [3.05, 3.63) is 36.4 Å². The van der Waals surface area contributed by atoms with Crippen molar-refractivity contribution in [2.75, 3.05) is 18.4 Å². The lowest BCUT2D eigenvalue weighted by Gasteiger charge is -2.19. The third kappa shape index (κ3) is 8.80. The molecule has 2 rings (SSSR count). The van der Waals surface area contributed by atoms with Crippen molar-refractivity contribution < 1.29 is 18.7 Å². The Balaban J connectivity index is 1.86. The molecule has 0 aliphatic carbocycles. The summed E-state index contributed by atoms with van der Waals surface area (Å²) in [6.07, 6.45) is 3.93. The highest BCUT2D eigenvalue weighted by molar-refractivity contribution is 5.91. The summed E-state index contributed by atoms with van der Waals surface area (Å²) < 4.78 is 11.2. The van der Waals surface area contributed by atoms with Crippen LogP contribution in [0, 0.1) is 0 Å². The predicted molar refractivity (Wildman–Crippen MR) is 121 cm³/mol. The van der Waals surface area contributed by atoms with E-state index in [2.05, 4.69) is 15.6 Å². The summed E-state index contributed by atoms with van der Waals surface area (Å²) in [7, 11) is 0. The molecule has 0 bridgehead atoms. The average Bonchev–Trinajstić information content (AvgIpc) is 3.19. The minimum atomic E-state index is -0.504. The van der Waals surface area contributed by atoms with Gasteiger partial charge in [0.25, 0.3) is 0 Å². The van der Waals surface area contributed by atoms with Crippen LogP contribution < -0.4 is 16.4 Å². The third-order valence-corrected chi connectivity index (χ3v) is 4.47. The summed E-state index contributed by atoms with van der Waals surface area (Å²) in [5.41, 5.74) is 6.49. The quantitative estimate of drug-likeness (QED) is 0.480. The number of carbonyl (C=O) groups is 2. The molecular formula is C23H34N4O4. The molecule has 1 aromatic heterocycles. The van der Waals surface area contributed by atoms with Crippen LogP contribution in [0.25, 0.3) is 11.3 Å². The van der Waals surface area contributed by atoms with Gasteiger partial charge in [-0.25, -0.2) is 9.78 Å². The van der Waals surface area contributed by atoms with Gasteiger partial charge >= 0.3 is 6.09 Å². The smallest absolute Gasteiger partial charge is 0.407 e. The van der Waals surface area contributed by atoms with Gasteiger partial charge in [-0.3, -0.25) is 4.79 Å². The Hall–Kier alpha value is -2.87. The number of ether oxygens (including phenoxy) is 1. The fourth-order valence-electron chi connectivity index (χ4n) is 2.92. The Labute approximate surface area is 183 Å². The lowest BCUT2D eigenvalue weighted by Crippen LogP contribution is -2.33. The fraction of sp³-hybridized carbons (Fsp3) is 0.522. The molecule has 2 aromatic rings. The second-order valence-electron chi connectivity index (χ2n) is 8.56. The molecule has 0 saturated heterocycles. The average molecular weight is 431 g/mol. The number of oxazole rings is 1. The molecule has 0 aliphatic heterocycles. The molecule has 4 N–H and O–H groups in total. The molecule has 170 valence electrons. The highest BCUT2D eigenvalue weighted by Gasteiger charge is 2.17. The maximum Gasteiger partial charge on any atom is 0.407 e. The van der Waals surface area contributed by atoms with Gasteiger partial charge in [-0.1, -0.05) is 19.1 Å². The maximum atomic E-state index is 11.9. The Morgan fingerprint density at radius 1 is 1.26 bits per heavy atom. The Morgan fingerprint density at radius 2 is 2.03 bits per heavy atom. The third-order valence-electron chi connectivity index (χ3n) is 4.47. The number of hydrogen-bond donors (Lipinski definition) is 3. The van der Waals surface area contributed by atoms with Crippen molar-refractivity contribution >= 4 is 17.7 Å². The molecule has 8 nitrogen and oxygen atoms in total. The van der Waals surface area contributed by atoms with Crippen LogP contribution in [0.15, 0.2) is 34.9 Å². The number of nitrogens with two attached hydrogens (primary N) is 1. The SMILES string of the molecule is C[C@@H](CCCNC(=O)OC(C)(C)C)c1ncc(-c2cccc(NC(=O)CCCN)c2)o1. The molecule has 31 heavy (non-hydrogen) atoms. The number of rotatable bonds is 10. The molecule has 0 aliphatic rings. The van der Waals surface area contributed by atoms with Crippen molar-refractivity contribution in [2.24, 2.45) is 5.73 Å². The van der Waals surface area contributed by atoms with Crippen LogP contribution >= 0.6 is 0 Å². The number of amides is 2. The number of hydrogen-bond acceptors (Lipinski definition) is 6. The molecule has 0 radical (unpaired) electrons. The summed E-state index contributed by atoms with van der Waals surface area (Å²) in [5, 5.41) is 5.63. The largest absolute Gasteiger partial charge is 0.444 e. The van der Waals surface area contributed by atoms with Crippen LogP contribution in [-0.2, 0) is 9.53 Å². The van der Waals surface area contributed by atoms with Gasteiger partial charge in [-0.2, -0.15) is 0 Å². The molecule has 1 aromatic carbocycles. The lowest BCUT2D eigenvalue weighted by atomic mass is 10.1. The van der Waals surface area contributed by atoms with E-state index in [1.807, 2.05) is 52.0 Å². The first-order valence-corrected chi connectivity index (χ1v) is 10.7. The maximum absolute atomic E-state index is 11.9. The molecule has 8 heteroatoms. The van der Waals surface area contributed by atoms with Crippen LogP contribution in [0.2, 0.25) is 0 Å². The Kier molecular flexibility index (Phi) is 9.05. The monoisotopic (exact) mass is 430 g/mol. The number of alkyl carbamates (subject to hydrolysis) is 1. The van der Waals surface area contributed by atoms with Crippen molar-refractivity contribution in [3.8, 4) is 11.3 Å². The first kappa shape index (κ1) is 24.4. The van der Waals surface area contributed by atoms with Crippen molar-refractivity contribution in [1.82, 2.24) is 10.3 Å². The van der Waals surface area contributed by atoms with E-state index in [1.54, 1.807) is 6.20 Å². The summed E-state index contributed by atoms with van der Waals surface area (Å²) in [6.45, 7) is 8.56. The zero-order chi connectivity index (χ0) is 22.9. The number of nitrogens with zero attached hydrogens (tertiary/aromatic N) is 1. The zero-order valence-electron chi connectivity index (χ0n) is 18.9. The molecule has 0 spiro atoms. The summed E-state index contributed by atoms with van der Waals surface area (Å²) in [5.74, 6) is 1.33. The van der Waals surface area contributed by atoms with E-state index >= 15 is 0 Å². The van der Waals surface area contributed by atoms with E-state index in [-0.39, 0.29) is 11.8 Å². The van der Waals surface area contributed by atoms with Crippen LogP contribution in [0.4, 0.5) is 10.5 Å². The number of aromatic nitrogens is 1. The minimum Gasteiger partial charge on any atom is -0.444 e. The van der Waals surface area contributed by atoms with Gasteiger partial charge in [0, 0.05) is 30.1 Å². The Bertz CT molecular complexity index is 857. The van der Waals surface area contributed by atoms with E-state index in [9.17, 15) is 9.59 Å².